The van der Waals surface area contributed by atoms with Gasteiger partial charge in [0.2, 0.25) is 17.6 Å². The lowest BCUT2D eigenvalue weighted by Crippen LogP contribution is -2.70. The van der Waals surface area contributed by atoms with Crippen LogP contribution in [0.4, 0.5) is 4.39 Å². The summed E-state index contributed by atoms with van der Waals surface area (Å²) < 4.78 is 25.8. The molecule has 8 atom stereocenters. The molecule has 4 aliphatic heterocycles. The fraction of sp³-hybridized carbons (Fsp3) is 0.750. The predicted octanol–water partition coefficient (Wildman–Crippen LogP) is 3.87. The standard InChI is InChI=1S/C24H33FN2O5/c1-14-4-6-18-15(2)19(7-9-21(28)27-13-16-5-8-20(25)26-12-16)29-22-24(18)17(14)10-11-23(3,30-22)31-32-24/h5,8,12,14-15,17-19,22H,4,6-7,9-11,13H2,1-3H3,(H,27,28)/t14-,15-,17+,18+,19-,22-,23+,24-/m1/s1. The van der Waals surface area contributed by atoms with Crippen LogP contribution in [0.15, 0.2) is 18.3 Å². The number of halogens is 1. The Morgan fingerprint density at radius 2 is 2.06 bits per heavy atom. The summed E-state index contributed by atoms with van der Waals surface area (Å²) in [5, 5.41) is 2.89. The van der Waals surface area contributed by atoms with E-state index in [4.69, 9.17) is 19.2 Å². The number of pyridine rings is 1. The van der Waals surface area contributed by atoms with Crippen LogP contribution in [0.25, 0.3) is 0 Å². The van der Waals surface area contributed by atoms with E-state index in [1.807, 2.05) is 6.92 Å². The van der Waals surface area contributed by atoms with Crippen LogP contribution in [0.3, 0.4) is 0 Å². The normalized spacial score (nSPS) is 42.8. The van der Waals surface area contributed by atoms with E-state index in [1.54, 1.807) is 6.07 Å². The van der Waals surface area contributed by atoms with Gasteiger partial charge in [-0.25, -0.2) is 14.8 Å². The van der Waals surface area contributed by atoms with E-state index in [-0.39, 0.29) is 23.8 Å². The van der Waals surface area contributed by atoms with Crippen molar-refractivity contribution in [1.82, 2.24) is 10.3 Å². The second-order valence-electron chi connectivity index (χ2n) is 10.2. The molecule has 1 N–H and O–H groups in total. The van der Waals surface area contributed by atoms with Gasteiger partial charge in [0.15, 0.2) is 11.9 Å². The zero-order valence-electron chi connectivity index (χ0n) is 19.0. The van der Waals surface area contributed by atoms with Crippen molar-refractivity contribution in [3.05, 3.63) is 29.8 Å². The number of hydrogen-bond donors (Lipinski definition) is 1. The van der Waals surface area contributed by atoms with E-state index in [9.17, 15) is 9.18 Å². The molecule has 32 heavy (non-hydrogen) atoms. The highest BCUT2D eigenvalue weighted by atomic mass is 19.1. The van der Waals surface area contributed by atoms with Crippen LogP contribution in [0.1, 0.15) is 64.9 Å². The van der Waals surface area contributed by atoms with E-state index in [0.29, 0.717) is 31.2 Å². The quantitative estimate of drug-likeness (QED) is 0.544. The molecule has 5 fully saturated rings. The maximum atomic E-state index is 12.9. The Bertz CT molecular complexity index is 853. The topological polar surface area (TPSA) is 78.9 Å². The van der Waals surface area contributed by atoms with Gasteiger partial charge in [-0.15, -0.1) is 0 Å². The molecule has 5 aliphatic rings. The van der Waals surface area contributed by atoms with Crippen molar-refractivity contribution in [2.24, 2.45) is 23.7 Å². The van der Waals surface area contributed by atoms with E-state index in [0.717, 1.165) is 31.2 Å². The Morgan fingerprint density at radius 3 is 2.84 bits per heavy atom. The second-order valence-corrected chi connectivity index (χ2v) is 10.2. The number of carbonyl (C=O) groups is 1. The zero-order chi connectivity index (χ0) is 22.5. The molecule has 1 aliphatic carbocycles. The lowest BCUT2D eigenvalue weighted by Gasteiger charge is -2.60. The summed E-state index contributed by atoms with van der Waals surface area (Å²) in [6, 6.07) is 2.91. The number of carbonyl (C=O) groups excluding carboxylic acids is 1. The molecule has 1 aromatic rings. The van der Waals surface area contributed by atoms with Crippen LogP contribution in [0.2, 0.25) is 0 Å². The van der Waals surface area contributed by atoms with Gasteiger partial charge in [0.1, 0.15) is 0 Å². The van der Waals surface area contributed by atoms with Gasteiger partial charge in [-0.3, -0.25) is 4.79 Å². The molecule has 8 heteroatoms. The molecule has 1 aromatic heterocycles. The van der Waals surface area contributed by atoms with Crippen molar-refractivity contribution < 1.29 is 28.4 Å². The van der Waals surface area contributed by atoms with Crippen molar-refractivity contribution >= 4 is 5.91 Å². The average Bonchev–Trinajstić information content (AvgIpc) is 3.01. The molecule has 7 nitrogen and oxygen atoms in total. The first kappa shape index (κ1) is 22.2. The van der Waals surface area contributed by atoms with E-state index in [1.165, 1.54) is 12.3 Å². The second kappa shape index (κ2) is 8.31. The molecule has 0 aromatic carbocycles. The number of nitrogens with one attached hydrogen (secondary N) is 1. The van der Waals surface area contributed by atoms with Crippen LogP contribution in [-0.2, 0) is 30.6 Å². The van der Waals surface area contributed by atoms with Gasteiger partial charge in [-0.1, -0.05) is 19.9 Å². The van der Waals surface area contributed by atoms with Gasteiger partial charge in [-0.05, 0) is 62.0 Å². The average molecular weight is 449 g/mol. The summed E-state index contributed by atoms with van der Waals surface area (Å²) in [6.07, 6.45) is 5.83. The smallest absolute Gasteiger partial charge is 0.220 e. The molecule has 1 saturated carbocycles. The fourth-order valence-electron chi connectivity index (χ4n) is 6.38. The van der Waals surface area contributed by atoms with Crippen molar-refractivity contribution in [2.75, 3.05) is 0 Å². The molecule has 176 valence electrons. The summed E-state index contributed by atoms with van der Waals surface area (Å²) in [5.74, 6) is -0.0160. The van der Waals surface area contributed by atoms with Crippen molar-refractivity contribution in [3.8, 4) is 0 Å². The minimum atomic E-state index is -0.788. The van der Waals surface area contributed by atoms with Crippen molar-refractivity contribution in [2.45, 2.75) is 89.6 Å². The molecular weight excluding hydrogens is 415 g/mol. The Morgan fingerprint density at radius 1 is 1.22 bits per heavy atom. The van der Waals surface area contributed by atoms with Gasteiger partial charge >= 0.3 is 0 Å². The van der Waals surface area contributed by atoms with E-state index >= 15 is 0 Å². The highest BCUT2D eigenvalue weighted by Gasteiger charge is 2.69. The molecular formula is C24H33FN2O5. The lowest BCUT2D eigenvalue weighted by molar-refractivity contribution is -0.571. The Hall–Kier alpha value is -1.61. The zero-order valence-corrected chi connectivity index (χ0v) is 19.0. The Labute approximate surface area is 188 Å². The van der Waals surface area contributed by atoms with Crippen molar-refractivity contribution in [1.29, 1.82) is 0 Å². The van der Waals surface area contributed by atoms with Crippen LogP contribution < -0.4 is 5.32 Å². The minimum absolute atomic E-state index is 0.0598. The first-order valence-corrected chi connectivity index (χ1v) is 11.9. The third kappa shape index (κ3) is 3.75. The minimum Gasteiger partial charge on any atom is -0.352 e. The van der Waals surface area contributed by atoms with Crippen LogP contribution in [0, 0.1) is 29.6 Å². The maximum absolute atomic E-state index is 12.9. The molecule has 4 saturated heterocycles. The Kier molecular flexibility index (Phi) is 5.76. The third-order valence-corrected chi connectivity index (χ3v) is 8.23. The van der Waals surface area contributed by atoms with Gasteiger partial charge in [0.05, 0.1) is 6.10 Å². The number of aromatic nitrogens is 1. The molecule has 0 unspecified atom stereocenters. The lowest BCUT2D eigenvalue weighted by atomic mass is 9.57. The Balaban J connectivity index is 1.25. The monoisotopic (exact) mass is 448 g/mol. The van der Waals surface area contributed by atoms with Crippen LogP contribution in [-0.4, -0.2) is 34.7 Å². The third-order valence-electron chi connectivity index (χ3n) is 8.23. The summed E-state index contributed by atoms with van der Waals surface area (Å²) in [6.45, 7) is 6.76. The number of rotatable bonds is 5. The first-order chi connectivity index (χ1) is 15.3. The number of ether oxygens (including phenoxy) is 2. The van der Waals surface area contributed by atoms with Gasteiger partial charge in [0.25, 0.3) is 0 Å². The first-order valence-electron chi connectivity index (χ1n) is 11.9. The molecule has 5 heterocycles. The molecule has 2 bridgehead atoms. The number of fused-ring (bicyclic) bond motifs is 2. The fourth-order valence-corrected chi connectivity index (χ4v) is 6.38. The van der Waals surface area contributed by atoms with E-state index in [2.05, 4.69) is 24.1 Å². The van der Waals surface area contributed by atoms with Gasteiger partial charge in [0, 0.05) is 31.5 Å². The van der Waals surface area contributed by atoms with E-state index < -0.39 is 23.6 Å². The molecule has 0 radical (unpaired) electrons. The van der Waals surface area contributed by atoms with Crippen molar-refractivity contribution in [3.63, 3.8) is 0 Å². The predicted molar refractivity (Wildman–Crippen MR) is 112 cm³/mol. The highest BCUT2D eigenvalue weighted by Crippen LogP contribution is 2.60. The highest BCUT2D eigenvalue weighted by molar-refractivity contribution is 5.75. The number of amides is 1. The van der Waals surface area contributed by atoms with Gasteiger partial charge in [-0.2, -0.15) is 4.39 Å². The summed E-state index contributed by atoms with van der Waals surface area (Å²) in [7, 11) is 0. The van der Waals surface area contributed by atoms with Crippen LogP contribution in [0.5, 0.6) is 0 Å². The molecule has 1 spiro atoms. The summed E-state index contributed by atoms with van der Waals surface area (Å²) in [4.78, 5) is 28.1. The summed E-state index contributed by atoms with van der Waals surface area (Å²) >= 11 is 0. The molecule has 6 rings (SSSR count). The SMILES string of the molecule is C[C@H]1[C@@H](CCC(=O)NCc2ccc(F)nc2)O[C@@H]2O[C@]3(C)CC[C@H]4[C@H](C)CC[C@@H]1[C@@]24OO3. The maximum Gasteiger partial charge on any atom is 0.220 e. The largest absolute Gasteiger partial charge is 0.352 e. The summed E-state index contributed by atoms with van der Waals surface area (Å²) in [5.41, 5.74) is 0.196. The number of nitrogens with zero attached hydrogens (tertiary/aromatic N) is 1. The molecule has 1 amide bonds. The van der Waals surface area contributed by atoms with Gasteiger partial charge < -0.3 is 14.8 Å². The number of hydrogen-bond acceptors (Lipinski definition) is 6. The van der Waals surface area contributed by atoms with Crippen LogP contribution >= 0.6 is 0 Å².